The van der Waals surface area contributed by atoms with Gasteiger partial charge < -0.3 is 9.47 Å². The number of aldehydes is 1. The van der Waals surface area contributed by atoms with Crippen molar-refractivity contribution in [1.29, 1.82) is 0 Å². The first-order valence-electron chi connectivity index (χ1n) is 8.03. The molecule has 3 aromatic carbocycles. The molecule has 0 amide bonds. The summed E-state index contributed by atoms with van der Waals surface area (Å²) in [6, 6.07) is 20.7. The first kappa shape index (κ1) is 17.4. The Labute approximate surface area is 151 Å². The van der Waals surface area contributed by atoms with Gasteiger partial charge in [-0.1, -0.05) is 42.5 Å². The van der Waals surface area contributed by atoms with Gasteiger partial charge in [-0.15, -0.1) is 4.91 Å². The van der Waals surface area contributed by atoms with Gasteiger partial charge in [0.25, 0.3) is 0 Å². The predicted molar refractivity (Wildman–Crippen MR) is 100 cm³/mol. The lowest BCUT2D eigenvalue weighted by Gasteiger charge is -2.11. The Balaban J connectivity index is 1.90. The van der Waals surface area contributed by atoms with Crippen LogP contribution in [0.3, 0.4) is 0 Å². The topological polar surface area (TPSA) is 65.0 Å². The number of carbonyl (C=O) groups excluding carboxylic acids is 1. The lowest BCUT2D eigenvalue weighted by atomic mass is 10.0. The number of methoxy groups -OCH3 is 1. The average molecular weight is 347 g/mol. The van der Waals surface area contributed by atoms with Gasteiger partial charge in [-0.05, 0) is 46.1 Å². The summed E-state index contributed by atoms with van der Waals surface area (Å²) in [5, 5.41) is 2.90. The highest BCUT2D eigenvalue weighted by Gasteiger charge is 2.13. The molecule has 0 saturated heterocycles. The summed E-state index contributed by atoms with van der Waals surface area (Å²) in [5.41, 5.74) is 2.84. The van der Waals surface area contributed by atoms with Gasteiger partial charge >= 0.3 is 0 Å². The smallest absolute Gasteiger partial charge is 0.160 e. The second-order valence-electron chi connectivity index (χ2n) is 5.63. The quantitative estimate of drug-likeness (QED) is 0.438. The second-order valence-corrected chi connectivity index (χ2v) is 5.63. The fraction of sp³-hybridized carbons (Fsp3) is 0.0952. The fourth-order valence-electron chi connectivity index (χ4n) is 2.65. The van der Waals surface area contributed by atoms with Crippen LogP contribution in [0.4, 0.5) is 5.69 Å². The molecule has 130 valence electrons. The average Bonchev–Trinajstić information content (AvgIpc) is 2.72. The zero-order valence-corrected chi connectivity index (χ0v) is 14.2. The summed E-state index contributed by atoms with van der Waals surface area (Å²) in [7, 11) is 1.43. The van der Waals surface area contributed by atoms with E-state index < -0.39 is 0 Å². The molecule has 5 heteroatoms. The standard InChI is InChI=1S/C21H17NO4/c1-25-20-12-17(10-18(13-23)21(20)22-24)16-8-5-9-19(11-16)26-14-15-6-3-2-4-7-15/h2-13H,14H2,1H3. The van der Waals surface area contributed by atoms with Crippen LogP contribution < -0.4 is 9.47 Å². The van der Waals surface area contributed by atoms with Gasteiger partial charge in [-0.2, -0.15) is 0 Å². The van der Waals surface area contributed by atoms with E-state index in [2.05, 4.69) is 5.18 Å². The van der Waals surface area contributed by atoms with E-state index in [1.165, 1.54) is 7.11 Å². The van der Waals surface area contributed by atoms with Crippen LogP contribution in [0.15, 0.2) is 71.9 Å². The molecule has 0 aliphatic rings. The molecule has 0 N–H and O–H groups in total. The molecule has 3 aromatic rings. The molecule has 26 heavy (non-hydrogen) atoms. The van der Waals surface area contributed by atoms with Crippen LogP contribution in [0, 0.1) is 4.91 Å². The Hall–Kier alpha value is -3.47. The highest BCUT2D eigenvalue weighted by Crippen LogP contribution is 2.36. The zero-order valence-electron chi connectivity index (χ0n) is 14.2. The number of carbonyl (C=O) groups is 1. The Morgan fingerprint density at radius 3 is 2.46 bits per heavy atom. The van der Waals surface area contributed by atoms with Crippen LogP contribution in [0.5, 0.6) is 11.5 Å². The van der Waals surface area contributed by atoms with Crippen molar-refractivity contribution >= 4 is 12.0 Å². The van der Waals surface area contributed by atoms with Gasteiger partial charge in [0.05, 0.1) is 7.11 Å². The van der Waals surface area contributed by atoms with Gasteiger partial charge in [-0.3, -0.25) is 4.79 Å². The lowest BCUT2D eigenvalue weighted by molar-refractivity contribution is 0.112. The zero-order chi connectivity index (χ0) is 18.4. The maximum absolute atomic E-state index is 11.3. The molecule has 0 aliphatic carbocycles. The van der Waals surface area contributed by atoms with E-state index in [0.717, 1.165) is 16.7 Å². The van der Waals surface area contributed by atoms with Gasteiger partial charge in [0.1, 0.15) is 18.1 Å². The molecular formula is C21H17NO4. The maximum atomic E-state index is 11.3. The van der Waals surface area contributed by atoms with Crippen LogP contribution in [-0.2, 0) is 6.61 Å². The minimum absolute atomic E-state index is 0.00253. The second kappa shape index (κ2) is 8.07. The third-order valence-electron chi connectivity index (χ3n) is 3.96. The summed E-state index contributed by atoms with van der Waals surface area (Å²) in [5.74, 6) is 0.964. The van der Waals surface area contributed by atoms with E-state index in [9.17, 15) is 9.70 Å². The van der Waals surface area contributed by atoms with Crippen LogP contribution in [0.1, 0.15) is 15.9 Å². The van der Waals surface area contributed by atoms with E-state index in [1.807, 2.05) is 54.6 Å². The summed E-state index contributed by atoms with van der Waals surface area (Å²) < 4.78 is 11.0. The van der Waals surface area contributed by atoms with Gasteiger partial charge in [0.15, 0.2) is 12.0 Å². The number of benzene rings is 3. The molecule has 5 nitrogen and oxygen atoms in total. The van der Waals surface area contributed by atoms with Gasteiger partial charge in [0, 0.05) is 5.56 Å². The first-order valence-corrected chi connectivity index (χ1v) is 8.03. The highest BCUT2D eigenvalue weighted by atomic mass is 16.5. The Bertz CT molecular complexity index is 923. The summed E-state index contributed by atoms with van der Waals surface area (Å²) in [6.45, 7) is 0.460. The minimum atomic E-state index is 0.00253. The molecule has 0 bridgehead atoms. The van der Waals surface area contributed by atoms with Crippen molar-refractivity contribution in [3.8, 4) is 22.6 Å². The van der Waals surface area contributed by atoms with E-state index in [1.54, 1.807) is 12.1 Å². The third kappa shape index (κ3) is 3.78. The van der Waals surface area contributed by atoms with Crippen LogP contribution in [0.2, 0.25) is 0 Å². The lowest BCUT2D eigenvalue weighted by Crippen LogP contribution is -1.95. The van der Waals surface area contributed by atoms with Crippen molar-refractivity contribution in [2.45, 2.75) is 6.61 Å². The summed E-state index contributed by atoms with van der Waals surface area (Å²) in [4.78, 5) is 22.3. The van der Waals surface area contributed by atoms with Crippen molar-refractivity contribution in [2.75, 3.05) is 7.11 Å². The first-order chi connectivity index (χ1) is 12.7. The molecule has 0 fully saturated rings. The van der Waals surface area contributed by atoms with Gasteiger partial charge in [0.2, 0.25) is 0 Å². The molecule has 3 rings (SSSR count). The molecule has 0 unspecified atom stereocenters. The Kier molecular flexibility index (Phi) is 5.39. The summed E-state index contributed by atoms with van der Waals surface area (Å²) in [6.07, 6.45) is 0.596. The van der Waals surface area contributed by atoms with Gasteiger partial charge in [-0.25, -0.2) is 0 Å². The monoisotopic (exact) mass is 347 g/mol. The van der Waals surface area contributed by atoms with Crippen LogP contribution >= 0.6 is 0 Å². The number of rotatable bonds is 7. The number of hydrogen-bond donors (Lipinski definition) is 0. The molecular weight excluding hydrogens is 330 g/mol. The molecule has 0 saturated carbocycles. The number of ether oxygens (including phenoxy) is 2. The minimum Gasteiger partial charge on any atom is -0.494 e. The van der Waals surface area contributed by atoms with E-state index in [4.69, 9.17) is 9.47 Å². The molecule has 0 heterocycles. The Morgan fingerprint density at radius 1 is 0.962 bits per heavy atom. The van der Waals surface area contributed by atoms with Crippen molar-refractivity contribution < 1.29 is 14.3 Å². The van der Waals surface area contributed by atoms with E-state index in [-0.39, 0.29) is 17.0 Å². The van der Waals surface area contributed by atoms with Crippen molar-refractivity contribution in [3.05, 3.63) is 82.8 Å². The molecule has 0 aliphatic heterocycles. The van der Waals surface area contributed by atoms with Crippen molar-refractivity contribution in [2.24, 2.45) is 5.18 Å². The highest BCUT2D eigenvalue weighted by molar-refractivity contribution is 5.89. The third-order valence-corrected chi connectivity index (χ3v) is 3.96. The molecule has 0 radical (unpaired) electrons. The van der Waals surface area contributed by atoms with Crippen molar-refractivity contribution in [1.82, 2.24) is 0 Å². The summed E-state index contributed by atoms with van der Waals surface area (Å²) >= 11 is 0. The number of hydrogen-bond acceptors (Lipinski definition) is 5. The van der Waals surface area contributed by atoms with Crippen molar-refractivity contribution in [3.63, 3.8) is 0 Å². The molecule has 0 aromatic heterocycles. The van der Waals surface area contributed by atoms with E-state index >= 15 is 0 Å². The maximum Gasteiger partial charge on any atom is 0.160 e. The largest absolute Gasteiger partial charge is 0.494 e. The van der Waals surface area contributed by atoms with E-state index in [0.29, 0.717) is 18.6 Å². The number of nitroso groups, excluding NO2 is 1. The fourth-order valence-corrected chi connectivity index (χ4v) is 2.65. The molecule has 0 atom stereocenters. The number of nitrogens with zero attached hydrogens (tertiary/aromatic N) is 1. The Morgan fingerprint density at radius 2 is 1.77 bits per heavy atom. The SMILES string of the molecule is COc1cc(-c2cccc(OCc3ccccc3)c2)cc(C=O)c1N=O. The van der Waals surface area contributed by atoms with Crippen LogP contribution in [-0.4, -0.2) is 13.4 Å². The predicted octanol–water partition coefficient (Wildman–Crippen LogP) is 5.15. The normalized spacial score (nSPS) is 10.2. The molecule has 0 spiro atoms. The van der Waals surface area contributed by atoms with Crippen LogP contribution in [0.25, 0.3) is 11.1 Å².